The highest BCUT2D eigenvalue weighted by molar-refractivity contribution is 6.22. The van der Waals surface area contributed by atoms with Gasteiger partial charge in [0.15, 0.2) is 0 Å². The fraction of sp³-hybridized carbons (Fsp3) is 0.280. The Morgan fingerprint density at radius 1 is 1.06 bits per heavy atom. The number of nitrogens with one attached hydrogen (secondary N) is 2. The van der Waals surface area contributed by atoms with Crippen molar-refractivity contribution in [1.82, 2.24) is 15.2 Å². The Hall–Kier alpha value is -3.94. The molecule has 8 heteroatoms. The molecule has 0 spiro atoms. The summed E-state index contributed by atoms with van der Waals surface area (Å²) in [5, 5.41) is 3.70. The third-order valence-corrected chi connectivity index (χ3v) is 5.92. The van der Waals surface area contributed by atoms with Crippen molar-refractivity contribution in [3.8, 4) is 0 Å². The van der Waals surface area contributed by atoms with E-state index in [-0.39, 0.29) is 35.1 Å². The van der Waals surface area contributed by atoms with Crippen LogP contribution in [-0.2, 0) is 16.0 Å². The Kier molecular flexibility index (Phi) is 6.00. The second-order valence-corrected chi connectivity index (χ2v) is 8.35. The summed E-state index contributed by atoms with van der Waals surface area (Å²) in [6.07, 6.45) is 2.40. The summed E-state index contributed by atoms with van der Waals surface area (Å²) in [5.41, 5.74) is 2.67. The van der Waals surface area contributed by atoms with E-state index in [0.717, 1.165) is 16.5 Å². The smallest absolute Gasteiger partial charge is 0.328 e. The molecule has 0 aliphatic carbocycles. The number of amides is 3. The number of hydrogen-bond donors (Lipinski definition) is 2. The number of benzene rings is 2. The Morgan fingerprint density at radius 2 is 1.79 bits per heavy atom. The van der Waals surface area contributed by atoms with Crippen LogP contribution in [0.2, 0.25) is 0 Å². The van der Waals surface area contributed by atoms with Gasteiger partial charge in [0.25, 0.3) is 17.7 Å². The lowest BCUT2D eigenvalue weighted by Crippen LogP contribution is -2.45. The molecular formula is C25H25N3O5. The van der Waals surface area contributed by atoms with Crippen LogP contribution in [0.1, 0.15) is 50.5 Å². The Labute approximate surface area is 190 Å². The number of aromatic nitrogens is 1. The van der Waals surface area contributed by atoms with Crippen molar-refractivity contribution in [2.45, 2.75) is 26.3 Å². The van der Waals surface area contributed by atoms with Crippen LogP contribution in [0.25, 0.3) is 10.9 Å². The van der Waals surface area contributed by atoms with Crippen LogP contribution in [0.4, 0.5) is 0 Å². The van der Waals surface area contributed by atoms with Crippen molar-refractivity contribution in [3.05, 3.63) is 70.9 Å². The van der Waals surface area contributed by atoms with Crippen LogP contribution < -0.4 is 5.32 Å². The van der Waals surface area contributed by atoms with Crippen LogP contribution in [0.3, 0.4) is 0 Å². The van der Waals surface area contributed by atoms with E-state index in [2.05, 4.69) is 10.3 Å². The van der Waals surface area contributed by atoms with Gasteiger partial charge in [-0.15, -0.1) is 0 Å². The standard InChI is InChI=1S/C25H25N3O5/c1-14(2)21(25(32)33-3)27-22(29)15-8-9-18-19(12-15)24(31)28(23(18)30)11-10-16-13-26-20-7-5-4-6-17(16)20/h4-9,12-14,21,26H,10-11H2,1-3H3,(H,27,29). The number of H-pyrrole nitrogens is 1. The van der Waals surface area contributed by atoms with Gasteiger partial charge < -0.3 is 15.0 Å². The molecule has 3 amide bonds. The summed E-state index contributed by atoms with van der Waals surface area (Å²) in [5.74, 6) is -2.05. The number of hydrogen-bond acceptors (Lipinski definition) is 5. The van der Waals surface area contributed by atoms with Crippen LogP contribution >= 0.6 is 0 Å². The maximum atomic E-state index is 13.0. The molecule has 2 N–H and O–H groups in total. The third-order valence-electron chi connectivity index (χ3n) is 5.92. The Morgan fingerprint density at radius 3 is 2.52 bits per heavy atom. The van der Waals surface area contributed by atoms with Crippen LogP contribution in [-0.4, -0.2) is 53.3 Å². The Bertz CT molecular complexity index is 1260. The fourth-order valence-electron chi connectivity index (χ4n) is 4.06. The zero-order chi connectivity index (χ0) is 23.7. The number of nitrogens with zero attached hydrogens (tertiary/aromatic N) is 1. The molecule has 8 nitrogen and oxygen atoms in total. The number of rotatable bonds is 7. The first kappa shape index (κ1) is 22.3. The van der Waals surface area contributed by atoms with Crippen LogP contribution in [0, 0.1) is 5.92 Å². The zero-order valence-electron chi connectivity index (χ0n) is 18.7. The number of carbonyl (C=O) groups excluding carboxylic acids is 4. The summed E-state index contributed by atoms with van der Waals surface area (Å²) in [6.45, 7) is 3.81. The number of aromatic amines is 1. The maximum Gasteiger partial charge on any atom is 0.328 e. The van der Waals surface area contributed by atoms with Crippen LogP contribution in [0.15, 0.2) is 48.7 Å². The zero-order valence-corrected chi connectivity index (χ0v) is 18.7. The number of esters is 1. The lowest BCUT2D eigenvalue weighted by Gasteiger charge is -2.19. The normalized spacial score (nSPS) is 14.0. The van der Waals surface area contributed by atoms with E-state index in [1.807, 2.05) is 30.5 Å². The number of para-hydroxylation sites is 1. The largest absolute Gasteiger partial charge is 0.467 e. The summed E-state index contributed by atoms with van der Waals surface area (Å²) in [6, 6.07) is 11.4. The molecule has 33 heavy (non-hydrogen) atoms. The van der Waals surface area contributed by atoms with E-state index >= 15 is 0 Å². The van der Waals surface area contributed by atoms with Gasteiger partial charge in [0.05, 0.1) is 18.2 Å². The molecule has 0 bridgehead atoms. The van der Waals surface area contributed by atoms with Crippen molar-refractivity contribution in [3.63, 3.8) is 0 Å². The molecule has 2 heterocycles. The van der Waals surface area contributed by atoms with Gasteiger partial charge in [-0.3, -0.25) is 19.3 Å². The maximum absolute atomic E-state index is 13.0. The molecule has 170 valence electrons. The summed E-state index contributed by atoms with van der Waals surface area (Å²) >= 11 is 0. The lowest BCUT2D eigenvalue weighted by atomic mass is 10.0. The molecule has 0 fully saturated rings. The summed E-state index contributed by atoms with van der Waals surface area (Å²) in [7, 11) is 1.26. The van der Waals surface area contributed by atoms with Crippen LogP contribution in [0.5, 0.6) is 0 Å². The van der Waals surface area contributed by atoms with Crippen molar-refractivity contribution < 1.29 is 23.9 Å². The number of ether oxygens (including phenoxy) is 1. The molecule has 2 aromatic carbocycles. The van der Waals surface area contributed by atoms with Crippen molar-refractivity contribution in [2.24, 2.45) is 5.92 Å². The topological polar surface area (TPSA) is 109 Å². The predicted octanol–water partition coefficient (Wildman–Crippen LogP) is 2.93. The molecule has 4 rings (SSSR count). The highest BCUT2D eigenvalue weighted by Crippen LogP contribution is 2.26. The molecule has 1 aliphatic heterocycles. The minimum Gasteiger partial charge on any atom is -0.467 e. The van der Waals surface area contributed by atoms with Crippen molar-refractivity contribution in [1.29, 1.82) is 0 Å². The van der Waals surface area contributed by atoms with Gasteiger partial charge in [-0.2, -0.15) is 0 Å². The van der Waals surface area contributed by atoms with Gasteiger partial charge in [0, 0.05) is 29.2 Å². The van der Waals surface area contributed by atoms with Gasteiger partial charge in [-0.1, -0.05) is 32.0 Å². The quantitative estimate of drug-likeness (QED) is 0.428. The fourth-order valence-corrected chi connectivity index (χ4v) is 4.06. The Balaban J connectivity index is 1.50. The third kappa shape index (κ3) is 4.11. The first-order chi connectivity index (χ1) is 15.8. The molecule has 1 aromatic heterocycles. The van der Waals surface area contributed by atoms with E-state index in [1.165, 1.54) is 30.2 Å². The predicted molar refractivity (Wildman–Crippen MR) is 122 cm³/mol. The van der Waals surface area contributed by atoms with Crippen molar-refractivity contribution >= 4 is 34.6 Å². The van der Waals surface area contributed by atoms with Gasteiger partial charge >= 0.3 is 5.97 Å². The monoisotopic (exact) mass is 447 g/mol. The molecule has 1 atom stereocenters. The molecule has 1 unspecified atom stereocenters. The molecular weight excluding hydrogens is 422 g/mol. The number of fused-ring (bicyclic) bond motifs is 2. The summed E-state index contributed by atoms with van der Waals surface area (Å²) in [4.78, 5) is 54.9. The van der Waals surface area contributed by atoms with Gasteiger partial charge in [-0.25, -0.2) is 4.79 Å². The second kappa shape index (κ2) is 8.90. The molecule has 0 radical (unpaired) electrons. The van der Waals surface area contributed by atoms with E-state index in [9.17, 15) is 19.2 Å². The highest BCUT2D eigenvalue weighted by Gasteiger charge is 2.36. The average Bonchev–Trinajstić information content (AvgIpc) is 3.33. The second-order valence-electron chi connectivity index (χ2n) is 8.35. The average molecular weight is 447 g/mol. The first-order valence-corrected chi connectivity index (χ1v) is 10.8. The molecule has 3 aromatic rings. The molecule has 0 saturated heterocycles. The first-order valence-electron chi connectivity index (χ1n) is 10.8. The highest BCUT2D eigenvalue weighted by atomic mass is 16.5. The lowest BCUT2D eigenvalue weighted by molar-refractivity contribution is -0.144. The van der Waals surface area contributed by atoms with E-state index in [0.29, 0.717) is 6.42 Å². The minimum absolute atomic E-state index is 0.181. The minimum atomic E-state index is -0.819. The number of methoxy groups -OCH3 is 1. The van der Waals surface area contributed by atoms with Gasteiger partial charge in [0.1, 0.15) is 6.04 Å². The number of imide groups is 1. The van der Waals surface area contributed by atoms with E-state index in [1.54, 1.807) is 13.8 Å². The van der Waals surface area contributed by atoms with Gasteiger partial charge in [-0.05, 0) is 42.2 Å². The molecule has 1 aliphatic rings. The SMILES string of the molecule is COC(=O)C(NC(=O)c1ccc2c(c1)C(=O)N(CCc1c[nH]c3ccccc13)C2=O)C(C)C. The van der Waals surface area contributed by atoms with E-state index in [4.69, 9.17) is 4.74 Å². The van der Waals surface area contributed by atoms with Crippen molar-refractivity contribution in [2.75, 3.05) is 13.7 Å². The van der Waals surface area contributed by atoms with Gasteiger partial charge in [0.2, 0.25) is 0 Å². The summed E-state index contributed by atoms with van der Waals surface area (Å²) < 4.78 is 4.75. The molecule has 0 saturated carbocycles. The van der Waals surface area contributed by atoms with E-state index < -0.39 is 23.8 Å². The number of carbonyl (C=O) groups is 4.